The van der Waals surface area contributed by atoms with Crippen molar-refractivity contribution in [2.24, 2.45) is 5.92 Å². The van der Waals surface area contributed by atoms with Crippen molar-refractivity contribution in [2.75, 3.05) is 5.84 Å². The van der Waals surface area contributed by atoms with E-state index in [2.05, 4.69) is 10.2 Å². The summed E-state index contributed by atoms with van der Waals surface area (Å²) in [5, 5.41) is 16.5. The molecule has 2 atom stereocenters. The number of nitrogens with zero attached hydrogens (tertiary/aromatic N) is 3. The van der Waals surface area contributed by atoms with E-state index in [4.69, 9.17) is 10.9 Å². The molecule has 1 aromatic heterocycles. The third kappa shape index (κ3) is 2.38. The van der Waals surface area contributed by atoms with E-state index in [1.165, 1.54) is 22.8 Å². The monoisotopic (exact) mass is 216 g/mol. The van der Waals surface area contributed by atoms with Crippen molar-refractivity contribution in [3.05, 3.63) is 6.33 Å². The summed E-state index contributed by atoms with van der Waals surface area (Å²) in [6.07, 6.45) is 1.38. The Hall–Kier alpha value is -1.24. The maximum Gasteiger partial charge on any atom is 0.307 e. The molecule has 1 rings (SSSR count). The number of thioether (sulfide) groups is 1. The first-order valence-corrected chi connectivity index (χ1v) is 4.95. The minimum atomic E-state index is -0.826. The third-order valence-electron chi connectivity index (χ3n) is 1.93. The Bertz CT molecular complexity index is 327. The lowest BCUT2D eigenvalue weighted by Gasteiger charge is -2.13. The fourth-order valence-electron chi connectivity index (χ4n) is 0.785. The fraction of sp³-hybridized carbons (Fsp3) is 0.571. The minimum Gasteiger partial charge on any atom is -0.481 e. The molecular weight excluding hydrogens is 204 g/mol. The zero-order valence-electron chi connectivity index (χ0n) is 7.91. The molecular formula is C7H12N4O2S. The molecule has 0 saturated carbocycles. The molecule has 1 heterocycles. The normalized spacial score (nSPS) is 15.0. The molecule has 0 aliphatic rings. The second-order valence-corrected chi connectivity index (χ2v) is 4.32. The van der Waals surface area contributed by atoms with Crippen LogP contribution in [0.15, 0.2) is 11.5 Å². The zero-order chi connectivity index (χ0) is 10.7. The van der Waals surface area contributed by atoms with Crippen LogP contribution in [0.5, 0.6) is 0 Å². The highest BCUT2D eigenvalue weighted by Gasteiger charge is 2.21. The predicted molar refractivity (Wildman–Crippen MR) is 52.3 cm³/mol. The molecule has 14 heavy (non-hydrogen) atoms. The smallest absolute Gasteiger partial charge is 0.307 e. The van der Waals surface area contributed by atoms with Crippen LogP contribution in [0.1, 0.15) is 13.8 Å². The first kappa shape index (κ1) is 10.8. The number of rotatable bonds is 4. The minimum absolute atomic E-state index is 0.0981. The van der Waals surface area contributed by atoms with E-state index in [0.29, 0.717) is 5.16 Å². The molecule has 78 valence electrons. The Kier molecular flexibility index (Phi) is 3.34. The van der Waals surface area contributed by atoms with E-state index in [9.17, 15) is 4.79 Å². The summed E-state index contributed by atoms with van der Waals surface area (Å²) in [5.74, 6) is 4.22. The van der Waals surface area contributed by atoms with Gasteiger partial charge in [0.15, 0.2) is 0 Å². The van der Waals surface area contributed by atoms with Crippen molar-refractivity contribution in [3.63, 3.8) is 0 Å². The average Bonchev–Trinajstić information content (AvgIpc) is 2.50. The largest absolute Gasteiger partial charge is 0.481 e. The van der Waals surface area contributed by atoms with Gasteiger partial charge in [0.2, 0.25) is 5.16 Å². The van der Waals surface area contributed by atoms with Gasteiger partial charge in [0, 0.05) is 5.25 Å². The predicted octanol–water partition coefficient (Wildman–Crippen LogP) is 0.193. The Labute approximate surface area is 85.5 Å². The van der Waals surface area contributed by atoms with Gasteiger partial charge in [-0.15, -0.1) is 10.2 Å². The lowest BCUT2D eigenvalue weighted by atomic mass is 10.1. The topological polar surface area (TPSA) is 94.0 Å². The van der Waals surface area contributed by atoms with Crippen LogP contribution in [0.3, 0.4) is 0 Å². The molecule has 6 nitrogen and oxygen atoms in total. The van der Waals surface area contributed by atoms with Crippen LogP contribution >= 0.6 is 11.8 Å². The summed E-state index contributed by atoms with van der Waals surface area (Å²) in [6, 6.07) is 0. The second-order valence-electron chi connectivity index (χ2n) is 2.97. The molecule has 0 spiro atoms. The number of carboxylic acids is 1. The van der Waals surface area contributed by atoms with Crippen LogP contribution in [0.4, 0.5) is 0 Å². The van der Waals surface area contributed by atoms with Crippen LogP contribution < -0.4 is 5.84 Å². The second kappa shape index (κ2) is 4.32. The zero-order valence-corrected chi connectivity index (χ0v) is 8.73. The van der Waals surface area contributed by atoms with Gasteiger partial charge in [-0.25, -0.2) is 4.68 Å². The number of nitrogen functional groups attached to an aromatic ring is 1. The number of carbonyl (C=O) groups is 1. The number of hydrogen-bond acceptors (Lipinski definition) is 5. The average molecular weight is 216 g/mol. The molecule has 0 saturated heterocycles. The quantitative estimate of drug-likeness (QED) is 0.551. The van der Waals surface area contributed by atoms with Crippen LogP contribution in [0.2, 0.25) is 0 Å². The number of nitrogens with two attached hydrogens (primary N) is 1. The maximum atomic E-state index is 10.7. The van der Waals surface area contributed by atoms with Gasteiger partial charge in [0.1, 0.15) is 6.33 Å². The van der Waals surface area contributed by atoms with Gasteiger partial charge in [-0.1, -0.05) is 25.6 Å². The van der Waals surface area contributed by atoms with Crippen LogP contribution in [-0.2, 0) is 4.79 Å². The number of hydrogen-bond donors (Lipinski definition) is 2. The van der Waals surface area contributed by atoms with Crippen LogP contribution in [0, 0.1) is 5.92 Å². The van der Waals surface area contributed by atoms with E-state index < -0.39 is 11.9 Å². The standard InChI is InChI=1S/C7H12N4O2S/c1-4(6(12)13)5(2)14-7-10-9-3-11(7)8/h3-5H,8H2,1-2H3,(H,12,13). The van der Waals surface area contributed by atoms with Gasteiger partial charge in [-0.05, 0) is 0 Å². The number of aliphatic carboxylic acids is 1. The Morgan fingerprint density at radius 1 is 1.71 bits per heavy atom. The summed E-state index contributed by atoms with van der Waals surface area (Å²) in [4.78, 5) is 10.7. The maximum absolute atomic E-state index is 10.7. The van der Waals surface area contributed by atoms with Crippen molar-refractivity contribution < 1.29 is 9.90 Å². The van der Waals surface area contributed by atoms with Gasteiger partial charge >= 0.3 is 5.97 Å². The van der Waals surface area contributed by atoms with Crippen molar-refractivity contribution in [3.8, 4) is 0 Å². The SMILES string of the molecule is CC(Sc1nncn1N)C(C)C(=O)O. The molecule has 3 N–H and O–H groups in total. The summed E-state index contributed by atoms with van der Waals surface area (Å²) in [7, 11) is 0. The first-order valence-electron chi connectivity index (χ1n) is 4.07. The third-order valence-corrected chi connectivity index (χ3v) is 3.21. The molecule has 0 fully saturated rings. The molecule has 0 bridgehead atoms. The highest BCUT2D eigenvalue weighted by molar-refractivity contribution is 7.99. The molecule has 0 amide bonds. The van der Waals surface area contributed by atoms with Crippen LogP contribution in [-0.4, -0.2) is 31.2 Å². The van der Waals surface area contributed by atoms with Crippen molar-refractivity contribution in [1.82, 2.24) is 14.9 Å². The molecule has 0 radical (unpaired) electrons. The molecule has 0 aliphatic heterocycles. The van der Waals surface area contributed by atoms with Crippen molar-refractivity contribution >= 4 is 17.7 Å². The summed E-state index contributed by atoms with van der Waals surface area (Å²) < 4.78 is 1.27. The first-order chi connectivity index (χ1) is 6.52. The fourth-order valence-corrected chi connectivity index (χ4v) is 1.70. The highest BCUT2D eigenvalue weighted by Crippen LogP contribution is 2.25. The van der Waals surface area contributed by atoms with E-state index >= 15 is 0 Å². The van der Waals surface area contributed by atoms with Gasteiger partial charge in [-0.3, -0.25) is 4.79 Å². The number of aromatic nitrogens is 3. The van der Waals surface area contributed by atoms with Gasteiger partial charge in [0.25, 0.3) is 0 Å². The van der Waals surface area contributed by atoms with E-state index in [0.717, 1.165) is 0 Å². The Morgan fingerprint density at radius 3 is 2.79 bits per heavy atom. The molecule has 2 unspecified atom stereocenters. The Morgan fingerprint density at radius 2 is 2.36 bits per heavy atom. The number of carboxylic acid groups (broad SMARTS) is 1. The summed E-state index contributed by atoms with van der Waals surface area (Å²) in [5.41, 5.74) is 0. The van der Waals surface area contributed by atoms with Gasteiger partial charge < -0.3 is 10.9 Å². The lowest BCUT2D eigenvalue weighted by molar-refractivity contribution is -0.140. The van der Waals surface area contributed by atoms with Gasteiger partial charge in [0.05, 0.1) is 5.92 Å². The Balaban J connectivity index is 2.61. The van der Waals surface area contributed by atoms with Crippen LogP contribution in [0.25, 0.3) is 0 Å². The lowest BCUT2D eigenvalue weighted by Crippen LogP contribution is -2.21. The molecule has 7 heteroatoms. The van der Waals surface area contributed by atoms with Crippen molar-refractivity contribution in [1.29, 1.82) is 0 Å². The van der Waals surface area contributed by atoms with Gasteiger partial charge in [-0.2, -0.15) is 0 Å². The van der Waals surface area contributed by atoms with E-state index in [1.54, 1.807) is 6.92 Å². The molecule has 0 aromatic carbocycles. The molecule has 1 aromatic rings. The van der Waals surface area contributed by atoms with Crippen molar-refractivity contribution in [2.45, 2.75) is 24.3 Å². The summed E-state index contributed by atoms with van der Waals surface area (Å²) >= 11 is 1.30. The van der Waals surface area contributed by atoms with E-state index in [-0.39, 0.29) is 5.25 Å². The molecule has 0 aliphatic carbocycles. The highest BCUT2D eigenvalue weighted by atomic mass is 32.2. The summed E-state index contributed by atoms with van der Waals surface area (Å²) in [6.45, 7) is 3.47. The van der Waals surface area contributed by atoms with E-state index in [1.807, 2.05) is 6.92 Å².